The second-order valence-corrected chi connectivity index (χ2v) is 4.29. The lowest BCUT2D eigenvalue weighted by molar-refractivity contribution is 0.102. The molecule has 1 aromatic carbocycles. The number of rotatable bonds is 2. The first-order valence-corrected chi connectivity index (χ1v) is 6.11. The van der Waals surface area contributed by atoms with Gasteiger partial charge in [-0.05, 0) is 24.3 Å². The Bertz CT molecular complexity index is 741. The number of pyridine rings is 1. The number of anilines is 1. The van der Waals surface area contributed by atoms with Gasteiger partial charge in [0.1, 0.15) is 11.0 Å². The summed E-state index contributed by atoms with van der Waals surface area (Å²) < 4.78 is 20.9. The molecule has 3 rings (SSSR count). The summed E-state index contributed by atoms with van der Waals surface area (Å²) in [4.78, 5) is 15.4. The van der Waals surface area contributed by atoms with Gasteiger partial charge >= 0.3 is 0 Å². The molecule has 2 aromatic heterocycles. The predicted molar refractivity (Wildman–Crippen MR) is 69.6 cm³/mol. The summed E-state index contributed by atoms with van der Waals surface area (Å²) in [6.45, 7) is 0. The number of benzene rings is 1. The van der Waals surface area contributed by atoms with Crippen molar-refractivity contribution >= 4 is 34.4 Å². The number of fused-ring (bicyclic) bond motifs is 1. The Labute approximate surface area is 111 Å². The normalized spacial score (nSPS) is 10.6. The van der Waals surface area contributed by atoms with E-state index in [4.69, 9.17) is 0 Å². The van der Waals surface area contributed by atoms with Crippen molar-refractivity contribution in [3.63, 3.8) is 0 Å². The zero-order valence-corrected chi connectivity index (χ0v) is 10.3. The fourth-order valence-electron chi connectivity index (χ4n) is 1.61. The van der Waals surface area contributed by atoms with E-state index in [-0.39, 0.29) is 11.5 Å². The van der Waals surface area contributed by atoms with E-state index >= 15 is 0 Å². The minimum Gasteiger partial charge on any atom is -0.320 e. The molecule has 1 N–H and O–H groups in total. The highest BCUT2D eigenvalue weighted by molar-refractivity contribution is 7.00. The van der Waals surface area contributed by atoms with Crippen LogP contribution in [0, 0.1) is 5.95 Å². The Kier molecular flexibility index (Phi) is 2.88. The molecule has 0 aliphatic heterocycles. The molecular formula is C12H7FN4OS. The minimum atomic E-state index is -0.623. The van der Waals surface area contributed by atoms with Crippen LogP contribution in [-0.2, 0) is 0 Å². The highest BCUT2D eigenvalue weighted by Gasteiger charge is 2.10. The maximum atomic E-state index is 12.7. The highest BCUT2D eigenvalue weighted by Crippen LogP contribution is 2.21. The van der Waals surface area contributed by atoms with Gasteiger partial charge in [-0.1, -0.05) is 6.07 Å². The van der Waals surface area contributed by atoms with Crippen LogP contribution >= 0.6 is 11.7 Å². The second-order valence-electron chi connectivity index (χ2n) is 3.76. The van der Waals surface area contributed by atoms with Gasteiger partial charge in [0.25, 0.3) is 5.91 Å². The number of amides is 1. The molecule has 0 fully saturated rings. The van der Waals surface area contributed by atoms with Crippen LogP contribution in [0.2, 0.25) is 0 Å². The van der Waals surface area contributed by atoms with Gasteiger partial charge < -0.3 is 5.32 Å². The predicted octanol–water partition coefficient (Wildman–Crippen LogP) is 2.48. The SMILES string of the molecule is O=C(Nc1cccc2nsnc12)c1ccc(F)nc1. The van der Waals surface area contributed by atoms with E-state index in [0.717, 1.165) is 23.3 Å². The van der Waals surface area contributed by atoms with Crippen molar-refractivity contribution in [3.05, 3.63) is 48.0 Å². The first-order valence-electron chi connectivity index (χ1n) is 5.38. The summed E-state index contributed by atoms with van der Waals surface area (Å²) in [6.07, 6.45) is 1.18. The van der Waals surface area contributed by atoms with E-state index in [1.165, 1.54) is 12.3 Å². The number of hydrogen-bond donors (Lipinski definition) is 1. The number of carbonyl (C=O) groups excluding carboxylic acids is 1. The molecule has 5 nitrogen and oxygen atoms in total. The van der Waals surface area contributed by atoms with Crippen molar-refractivity contribution in [2.24, 2.45) is 0 Å². The monoisotopic (exact) mass is 274 g/mol. The van der Waals surface area contributed by atoms with E-state index in [1.54, 1.807) is 12.1 Å². The van der Waals surface area contributed by atoms with Crippen LogP contribution in [0.4, 0.5) is 10.1 Å². The Balaban J connectivity index is 1.90. The maximum Gasteiger partial charge on any atom is 0.257 e. The number of hydrogen-bond acceptors (Lipinski definition) is 5. The van der Waals surface area contributed by atoms with Gasteiger partial charge in [-0.3, -0.25) is 4.79 Å². The Morgan fingerprint density at radius 2 is 2.11 bits per heavy atom. The molecule has 1 amide bonds. The molecule has 0 spiro atoms. The molecule has 94 valence electrons. The maximum absolute atomic E-state index is 12.7. The molecule has 7 heteroatoms. The quantitative estimate of drug-likeness (QED) is 0.729. The topological polar surface area (TPSA) is 67.8 Å². The molecule has 0 unspecified atom stereocenters. The van der Waals surface area contributed by atoms with Crippen LogP contribution in [-0.4, -0.2) is 19.6 Å². The van der Waals surface area contributed by atoms with Crippen molar-refractivity contribution in [2.45, 2.75) is 0 Å². The van der Waals surface area contributed by atoms with Gasteiger partial charge in [0.05, 0.1) is 23.0 Å². The van der Waals surface area contributed by atoms with Crippen LogP contribution < -0.4 is 5.32 Å². The van der Waals surface area contributed by atoms with Gasteiger partial charge in [0.2, 0.25) is 5.95 Å². The first kappa shape index (κ1) is 11.7. The summed E-state index contributed by atoms with van der Waals surface area (Å²) in [7, 11) is 0. The summed E-state index contributed by atoms with van der Waals surface area (Å²) in [5, 5.41) is 2.71. The van der Waals surface area contributed by atoms with E-state index in [1.807, 2.05) is 6.07 Å². The van der Waals surface area contributed by atoms with Crippen LogP contribution in [0.3, 0.4) is 0 Å². The molecule has 0 aliphatic rings. The van der Waals surface area contributed by atoms with Crippen molar-refractivity contribution in [1.82, 2.24) is 13.7 Å². The third-order valence-electron chi connectivity index (χ3n) is 2.52. The van der Waals surface area contributed by atoms with Gasteiger partial charge in [-0.15, -0.1) is 0 Å². The van der Waals surface area contributed by atoms with Crippen LogP contribution in [0.15, 0.2) is 36.5 Å². The van der Waals surface area contributed by atoms with Gasteiger partial charge in [0.15, 0.2) is 0 Å². The number of halogens is 1. The zero-order valence-electron chi connectivity index (χ0n) is 9.50. The Morgan fingerprint density at radius 3 is 2.89 bits per heavy atom. The molecule has 0 bridgehead atoms. The first-order chi connectivity index (χ1) is 9.24. The molecule has 0 aliphatic carbocycles. The molecule has 0 saturated heterocycles. The largest absolute Gasteiger partial charge is 0.320 e. The third kappa shape index (κ3) is 2.27. The van der Waals surface area contributed by atoms with E-state index in [0.29, 0.717) is 11.2 Å². The van der Waals surface area contributed by atoms with E-state index < -0.39 is 5.95 Å². The van der Waals surface area contributed by atoms with Gasteiger partial charge in [-0.2, -0.15) is 13.1 Å². The molecule has 0 atom stereocenters. The Hall–Kier alpha value is -2.41. The summed E-state index contributed by atoms with van der Waals surface area (Å²) >= 11 is 1.08. The third-order valence-corrected chi connectivity index (χ3v) is 3.07. The minimum absolute atomic E-state index is 0.279. The number of nitrogens with zero attached hydrogens (tertiary/aromatic N) is 3. The molecule has 0 radical (unpaired) electrons. The van der Waals surface area contributed by atoms with Crippen LogP contribution in [0.25, 0.3) is 11.0 Å². The fourth-order valence-corrected chi connectivity index (χ4v) is 2.16. The van der Waals surface area contributed by atoms with Crippen molar-refractivity contribution in [3.8, 4) is 0 Å². The van der Waals surface area contributed by atoms with Crippen LogP contribution in [0.1, 0.15) is 10.4 Å². The second kappa shape index (κ2) is 4.69. The molecule has 19 heavy (non-hydrogen) atoms. The lowest BCUT2D eigenvalue weighted by atomic mass is 10.2. The number of carbonyl (C=O) groups is 1. The molecule has 0 saturated carbocycles. The van der Waals surface area contributed by atoms with Crippen molar-refractivity contribution < 1.29 is 9.18 Å². The van der Waals surface area contributed by atoms with Crippen molar-refractivity contribution in [2.75, 3.05) is 5.32 Å². The summed E-state index contributed by atoms with van der Waals surface area (Å²) in [5.74, 6) is -0.990. The Morgan fingerprint density at radius 1 is 1.21 bits per heavy atom. The number of nitrogens with one attached hydrogen (secondary N) is 1. The van der Waals surface area contributed by atoms with Crippen LogP contribution in [0.5, 0.6) is 0 Å². The van der Waals surface area contributed by atoms with E-state index in [2.05, 4.69) is 19.0 Å². The summed E-state index contributed by atoms with van der Waals surface area (Å²) in [6, 6.07) is 7.84. The number of aromatic nitrogens is 3. The van der Waals surface area contributed by atoms with E-state index in [9.17, 15) is 9.18 Å². The molecule has 3 aromatic rings. The fraction of sp³-hybridized carbons (Fsp3) is 0. The molecule has 2 heterocycles. The lowest BCUT2D eigenvalue weighted by Gasteiger charge is -2.05. The highest BCUT2D eigenvalue weighted by atomic mass is 32.1. The smallest absolute Gasteiger partial charge is 0.257 e. The standard InChI is InChI=1S/C12H7FN4OS/c13-10-5-4-7(6-14-10)12(18)15-8-2-1-3-9-11(8)17-19-16-9/h1-6H,(H,15,18). The average Bonchev–Trinajstić information content (AvgIpc) is 2.89. The van der Waals surface area contributed by atoms with Gasteiger partial charge in [-0.25, -0.2) is 4.98 Å². The summed E-state index contributed by atoms with van der Waals surface area (Å²) in [5.41, 5.74) is 2.21. The van der Waals surface area contributed by atoms with Crippen molar-refractivity contribution in [1.29, 1.82) is 0 Å². The lowest BCUT2D eigenvalue weighted by Crippen LogP contribution is -2.12. The van der Waals surface area contributed by atoms with Gasteiger partial charge in [0, 0.05) is 6.20 Å². The molecular weight excluding hydrogens is 267 g/mol. The average molecular weight is 274 g/mol. The zero-order chi connectivity index (χ0) is 13.2.